The van der Waals surface area contributed by atoms with Gasteiger partial charge in [-0.05, 0) is 61.7 Å². The van der Waals surface area contributed by atoms with Crippen molar-refractivity contribution in [2.24, 2.45) is 5.10 Å². The number of aryl methyl sites for hydroxylation is 1. The number of hydrogen-bond acceptors (Lipinski definition) is 5. The number of sulfonamides is 1. The Morgan fingerprint density at radius 2 is 1.67 bits per heavy atom. The Labute approximate surface area is 194 Å². The van der Waals surface area contributed by atoms with Crippen LogP contribution in [-0.2, 0) is 19.6 Å². The third-order valence-electron chi connectivity index (χ3n) is 5.86. The van der Waals surface area contributed by atoms with E-state index in [1.807, 2.05) is 25.1 Å². The van der Waals surface area contributed by atoms with Crippen molar-refractivity contribution in [2.75, 3.05) is 23.4 Å². The average molecular weight is 469 g/mol. The van der Waals surface area contributed by atoms with E-state index in [2.05, 4.69) is 10.4 Å². The highest BCUT2D eigenvalue weighted by Crippen LogP contribution is 2.23. The molecular formula is C24H28N4O4S. The molecule has 0 bridgehead atoms. The highest BCUT2D eigenvalue weighted by molar-refractivity contribution is 7.89. The summed E-state index contributed by atoms with van der Waals surface area (Å²) < 4.78 is 27.4. The van der Waals surface area contributed by atoms with Crippen LogP contribution < -0.4 is 10.3 Å². The second-order valence-electron chi connectivity index (χ2n) is 8.39. The van der Waals surface area contributed by atoms with Gasteiger partial charge in [-0.3, -0.25) is 9.59 Å². The molecule has 174 valence electrons. The minimum Gasteiger partial charge on any atom is -0.321 e. The van der Waals surface area contributed by atoms with E-state index in [-0.39, 0.29) is 29.4 Å². The van der Waals surface area contributed by atoms with Crippen LogP contribution in [-0.4, -0.2) is 43.3 Å². The van der Waals surface area contributed by atoms with E-state index in [1.165, 1.54) is 17.1 Å². The van der Waals surface area contributed by atoms with Gasteiger partial charge in [0.05, 0.1) is 10.6 Å². The first-order chi connectivity index (χ1) is 15.8. The lowest BCUT2D eigenvalue weighted by Gasteiger charge is -2.23. The number of hydrazone groups is 1. The van der Waals surface area contributed by atoms with Crippen molar-refractivity contribution >= 4 is 38.9 Å². The monoisotopic (exact) mass is 468 g/mol. The fourth-order valence-corrected chi connectivity index (χ4v) is 5.54. The minimum absolute atomic E-state index is 0.166. The van der Waals surface area contributed by atoms with Crippen molar-refractivity contribution in [3.63, 3.8) is 0 Å². The van der Waals surface area contributed by atoms with Gasteiger partial charge in [-0.15, -0.1) is 0 Å². The fourth-order valence-electron chi connectivity index (χ4n) is 4.02. The molecule has 1 saturated heterocycles. The van der Waals surface area contributed by atoms with E-state index in [1.54, 1.807) is 22.5 Å². The van der Waals surface area contributed by atoms with Crippen molar-refractivity contribution in [3.8, 4) is 0 Å². The number of carbonyl (C=O) groups excluding carboxylic acids is 2. The van der Waals surface area contributed by atoms with Crippen LogP contribution in [0.15, 0.2) is 58.5 Å². The maximum Gasteiger partial charge on any atom is 0.271 e. The summed E-state index contributed by atoms with van der Waals surface area (Å²) in [4.78, 5) is 25.3. The second-order valence-corrected chi connectivity index (χ2v) is 10.3. The third kappa shape index (κ3) is 5.31. The lowest BCUT2D eigenvalue weighted by Crippen LogP contribution is -2.36. The number of nitrogens with zero attached hydrogens (tertiary/aromatic N) is 3. The van der Waals surface area contributed by atoms with Crippen molar-refractivity contribution < 1.29 is 18.0 Å². The highest BCUT2D eigenvalue weighted by Gasteiger charge is 2.27. The molecule has 2 aromatic carbocycles. The molecule has 2 amide bonds. The summed E-state index contributed by atoms with van der Waals surface area (Å²) in [5.41, 5.74) is 2.32. The maximum atomic E-state index is 12.9. The largest absolute Gasteiger partial charge is 0.321 e. The Balaban J connectivity index is 1.47. The van der Waals surface area contributed by atoms with Gasteiger partial charge in [0.1, 0.15) is 5.71 Å². The molecule has 2 aromatic rings. The molecule has 0 aliphatic carbocycles. The number of rotatable bonds is 5. The molecule has 4 rings (SSSR count). The summed E-state index contributed by atoms with van der Waals surface area (Å²) >= 11 is 0. The molecule has 1 N–H and O–H groups in total. The Bertz CT molecular complexity index is 1170. The fraction of sp³-hybridized carbons (Fsp3) is 0.375. The van der Waals surface area contributed by atoms with Crippen molar-refractivity contribution in [3.05, 3.63) is 54.1 Å². The first kappa shape index (κ1) is 23.1. The molecule has 2 heterocycles. The first-order valence-electron chi connectivity index (χ1n) is 11.2. The second kappa shape index (κ2) is 9.84. The van der Waals surface area contributed by atoms with Gasteiger partial charge in [0, 0.05) is 31.6 Å². The molecule has 0 spiro atoms. The summed E-state index contributed by atoms with van der Waals surface area (Å²) in [6.45, 7) is 3.00. The zero-order valence-corrected chi connectivity index (χ0v) is 19.5. The molecule has 33 heavy (non-hydrogen) atoms. The van der Waals surface area contributed by atoms with E-state index in [0.717, 1.165) is 31.2 Å². The van der Waals surface area contributed by atoms with E-state index < -0.39 is 15.9 Å². The number of hydrogen-bond donors (Lipinski definition) is 1. The lowest BCUT2D eigenvalue weighted by molar-refractivity contribution is -0.118. The molecule has 8 nitrogen and oxygen atoms in total. The zero-order valence-electron chi connectivity index (χ0n) is 18.7. The molecular weight excluding hydrogens is 440 g/mol. The predicted molar refractivity (Wildman–Crippen MR) is 128 cm³/mol. The van der Waals surface area contributed by atoms with Gasteiger partial charge in [0.15, 0.2) is 0 Å². The highest BCUT2D eigenvalue weighted by atomic mass is 32.2. The van der Waals surface area contributed by atoms with Gasteiger partial charge < -0.3 is 5.32 Å². The van der Waals surface area contributed by atoms with Crippen LogP contribution in [0.25, 0.3) is 0 Å². The smallest absolute Gasteiger partial charge is 0.271 e. The van der Waals surface area contributed by atoms with Crippen molar-refractivity contribution in [1.29, 1.82) is 0 Å². The number of benzene rings is 2. The van der Waals surface area contributed by atoms with Gasteiger partial charge in [0.2, 0.25) is 15.9 Å². The van der Waals surface area contributed by atoms with E-state index in [9.17, 15) is 18.0 Å². The van der Waals surface area contributed by atoms with Crippen LogP contribution in [0.1, 0.15) is 44.1 Å². The predicted octanol–water partition coefficient (Wildman–Crippen LogP) is 3.68. The Morgan fingerprint density at radius 1 is 0.970 bits per heavy atom. The summed E-state index contributed by atoms with van der Waals surface area (Å²) in [7, 11) is -3.55. The van der Waals surface area contributed by atoms with Crippen LogP contribution in [0.2, 0.25) is 0 Å². The zero-order chi connectivity index (χ0) is 23.4. The summed E-state index contributed by atoms with van der Waals surface area (Å²) in [5, 5.41) is 8.31. The maximum absolute atomic E-state index is 12.9. The van der Waals surface area contributed by atoms with E-state index in [0.29, 0.717) is 24.5 Å². The molecule has 2 aliphatic heterocycles. The van der Waals surface area contributed by atoms with Gasteiger partial charge in [0.25, 0.3) is 5.91 Å². The summed E-state index contributed by atoms with van der Waals surface area (Å²) in [5.74, 6) is -0.580. The molecule has 2 aliphatic rings. The molecule has 9 heteroatoms. The number of anilines is 2. The van der Waals surface area contributed by atoms with Gasteiger partial charge in [-0.1, -0.05) is 25.0 Å². The van der Waals surface area contributed by atoms with Crippen LogP contribution in [0.4, 0.5) is 11.4 Å². The van der Waals surface area contributed by atoms with Crippen LogP contribution >= 0.6 is 0 Å². The number of amides is 2. The van der Waals surface area contributed by atoms with Crippen LogP contribution in [0.3, 0.4) is 0 Å². The van der Waals surface area contributed by atoms with Crippen molar-refractivity contribution in [1.82, 2.24) is 4.31 Å². The van der Waals surface area contributed by atoms with Gasteiger partial charge in [-0.25, -0.2) is 13.4 Å². The molecule has 1 fully saturated rings. The Kier molecular flexibility index (Phi) is 6.90. The summed E-state index contributed by atoms with van der Waals surface area (Å²) in [6.07, 6.45) is 4.28. The standard InChI is InChI=1S/C24H28N4O4S/c1-18-7-6-8-20(17-18)28-23(29)14-13-22(26-28)24(30)25-19-9-11-21(12-10-19)33(31,32)27-15-4-2-3-5-16-27/h6-12,17H,2-5,13-16H2,1H3,(H,25,30). The van der Waals surface area contributed by atoms with Crippen LogP contribution in [0, 0.1) is 6.92 Å². The SMILES string of the molecule is Cc1cccc(N2N=C(C(=O)Nc3ccc(S(=O)(=O)N4CCCCCC4)cc3)CCC2=O)c1. The van der Waals surface area contributed by atoms with Gasteiger partial charge in [-0.2, -0.15) is 9.41 Å². The quantitative estimate of drug-likeness (QED) is 0.724. The molecule has 0 aromatic heterocycles. The first-order valence-corrected chi connectivity index (χ1v) is 12.7. The topological polar surface area (TPSA) is 99.2 Å². The molecule has 0 atom stereocenters. The van der Waals surface area contributed by atoms with Crippen molar-refractivity contribution in [2.45, 2.75) is 50.3 Å². The molecule has 0 radical (unpaired) electrons. The van der Waals surface area contributed by atoms with E-state index in [4.69, 9.17) is 0 Å². The minimum atomic E-state index is -3.55. The normalized spacial score (nSPS) is 17.9. The van der Waals surface area contributed by atoms with E-state index >= 15 is 0 Å². The Morgan fingerprint density at radius 3 is 2.33 bits per heavy atom. The molecule has 0 saturated carbocycles. The Hall–Kier alpha value is -3.04. The summed E-state index contributed by atoms with van der Waals surface area (Å²) in [6, 6.07) is 13.6. The lowest BCUT2D eigenvalue weighted by atomic mass is 10.1. The van der Waals surface area contributed by atoms with Crippen LogP contribution in [0.5, 0.6) is 0 Å². The third-order valence-corrected chi connectivity index (χ3v) is 7.77. The van der Waals surface area contributed by atoms with Gasteiger partial charge >= 0.3 is 0 Å². The number of nitrogens with one attached hydrogen (secondary N) is 1. The molecule has 0 unspecified atom stereocenters. The average Bonchev–Trinajstić information content (AvgIpc) is 3.10. The number of carbonyl (C=O) groups is 2.